The lowest BCUT2D eigenvalue weighted by Gasteiger charge is -1.83. The lowest BCUT2D eigenvalue weighted by atomic mass is 10.3. The Morgan fingerprint density at radius 1 is 1.00 bits per heavy atom. The minimum absolute atomic E-state index is 0.125. The number of aliphatic hydroxyl groups is 2. The van der Waals surface area contributed by atoms with Gasteiger partial charge in [-0.2, -0.15) is 0 Å². The van der Waals surface area contributed by atoms with Crippen LogP contribution in [0.4, 0.5) is 5.69 Å². The van der Waals surface area contributed by atoms with Crippen molar-refractivity contribution in [3.8, 4) is 0 Å². The molecule has 0 atom stereocenters. The van der Waals surface area contributed by atoms with E-state index in [1.165, 1.54) is 0 Å². The zero-order valence-corrected chi connectivity index (χ0v) is 6.27. The number of hydrogen-bond donors (Lipinski definition) is 3. The molecule has 62 valence electrons. The topological polar surface area (TPSA) is 66.5 Å². The van der Waals surface area contributed by atoms with Crippen molar-refractivity contribution in [2.24, 2.45) is 0 Å². The van der Waals surface area contributed by atoms with E-state index in [4.69, 9.17) is 15.9 Å². The van der Waals surface area contributed by atoms with E-state index in [0.717, 1.165) is 5.69 Å². The molecule has 0 amide bonds. The Morgan fingerprint density at radius 3 is 1.64 bits per heavy atom. The van der Waals surface area contributed by atoms with Crippen LogP contribution >= 0.6 is 0 Å². The van der Waals surface area contributed by atoms with E-state index in [0.29, 0.717) is 0 Å². The predicted octanol–water partition coefficient (Wildman–Crippen LogP) is 0.240. The van der Waals surface area contributed by atoms with Gasteiger partial charge in [-0.05, 0) is 12.1 Å². The molecule has 0 spiro atoms. The molecule has 3 heteroatoms. The maximum Gasteiger partial charge on any atom is 0.0662 e. The van der Waals surface area contributed by atoms with Crippen LogP contribution in [0.5, 0.6) is 0 Å². The van der Waals surface area contributed by atoms with Gasteiger partial charge in [0.2, 0.25) is 0 Å². The summed E-state index contributed by atoms with van der Waals surface area (Å²) in [6.07, 6.45) is 0. The minimum Gasteiger partial charge on any atom is -0.399 e. The molecular weight excluding hydrogens is 142 g/mol. The van der Waals surface area contributed by atoms with E-state index in [9.17, 15) is 0 Å². The number of anilines is 1. The van der Waals surface area contributed by atoms with Gasteiger partial charge in [-0.3, -0.25) is 0 Å². The summed E-state index contributed by atoms with van der Waals surface area (Å²) in [5.41, 5.74) is 6.18. The van der Waals surface area contributed by atoms with Gasteiger partial charge in [0.05, 0.1) is 13.2 Å². The molecule has 0 radical (unpaired) electrons. The minimum atomic E-state index is -0.125. The van der Waals surface area contributed by atoms with E-state index in [1.54, 1.807) is 0 Å². The summed E-state index contributed by atoms with van der Waals surface area (Å²) in [5.74, 6) is 0. The number of benzene rings is 1. The first-order valence-electron chi connectivity index (χ1n) is 3.33. The second kappa shape index (κ2) is 7.05. The number of aliphatic hydroxyl groups excluding tert-OH is 2. The zero-order chi connectivity index (χ0) is 8.53. The van der Waals surface area contributed by atoms with Crippen molar-refractivity contribution in [1.29, 1.82) is 0 Å². The van der Waals surface area contributed by atoms with Gasteiger partial charge in [-0.25, -0.2) is 0 Å². The van der Waals surface area contributed by atoms with Crippen LogP contribution in [0, 0.1) is 0 Å². The second-order valence-electron chi connectivity index (χ2n) is 1.86. The Balaban J connectivity index is 0.000000218. The third-order valence-corrected chi connectivity index (χ3v) is 0.900. The fourth-order valence-electron chi connectivity index (χ4n) is 0.453. The first kappa shape index (κ1) is 9.94. The quantitative estimate of drug-likeness (QED) is 0.509. The molecule has 0 bridgehead atoms. The average molecular weight is 155 g/mol. The molecular formula is C8H13NO2. The number of rotatable bonds is 1. The van der Waals surface area contributed by atoms with E-state index in [-0.39, 0.29) is 13.2 Å². The number of nitrogens with two attached hydrogens (primary N) is 1. The largest absolute Gasteiger partial charge is 0.399 e. The van der Waals surface area contributed by atoms with Crippen LogP contribution in [-0.4, -0.2) is 23.4 Å². The third-order valence-electron chi connectivity index (χ3n) is 0.900. The van der Waals surface area contributed by atoms with Crippen LogP contribution in [0.25, 0.3) is 0 Å². The zero-order valence-electron chi connectivity index (χ0n) is 6.27. The molecule has 0 aromatic heterocycles. The maximum atomic E-state index is 7.62. The normalized spacial score (nSPS) is 8.18. The molecule has 0 fully saturated rings. The van der Waals surface area contributed by atoms with Crippen LogP contribution in [0.15, 0.2) is 30.3 Å². The molecule has 0 aliphatic rings. The molecule has 4 N–H and O–H groups in total. The van der Waals surface area contributed by atoms with Gasteiger partial charge in [0.25, 0.3) is 0 Å². The summed E-state index contributed by atoms with van der Waals surface area (Å²) < 4.78 is 0. The summed E-state index contributed by atoms with van der Waals surface area (Å²) >= 11 is 0. The maximum absolute atomic E-state index is 7.62. The van der Waals surface area contributed by atoms with Gasteiger partial charge in [-0.15, -0.1) is 0 Å². The van der Waals surface area contributed by atoms with Crippen molar-refractivity contribution >= 4 is 5.69 Å². The molecule has 0 saturated carbocycles. The Morgan fingerprint density at radius 2 is 1.45 bits per heavy atom. The van der Waals surface area contributed by atoms with Crippen LogP contribution in [0.2, 0.25) is 0 Å². The third kappa shape index (κ3) is 6.83. The van der Waals surface area contributed by atoms with Crippen molar-refractivity contribution in [2.75, 3.05) is 18.9 Å². The van der Waals surface area contributed by atoms with Gasteiger partial charge in [-0.1, -0.05) is 18.2 Å². The lowest BCUT2D eigenvalue weighted by Crippen LogP contribution is -1.85. The fraction of sp³-hybridized carbons (Fsp3) is 0.250. The summed E-state index contributed by atoms with van der Waals surface area (Å²) in [5, 5.41) is 15.2. The van der Waals surface area contributed by atoms with Gasteiger partial charge in [0.1, 0.15) is 0 Å². The molecule has 3 nitrogen and oxygen atoms in total. The van der Waals surface area contributed by atoms with E-state index in [2.05, 4.69) is 0 Å². The highest BCUT2D eigenvalue weighted by atomic mass is 16.3. The van der Waals surface area contributed by atoms with Crippen LogP contribution in [0.3, 0.4) is 0 Å². The average Bonchev–Trinajstić information content (AvgIpc) is 2.07. The van der Waals surface area contributed by atoms with E-state index in [1.807, 2.05) is 30.3 Å². The predicted molar refractivity (Wildman–Crippen MR) is 45.0 cm³/mol. The summed E-state index contributed by atoms with van der Waals surface area (Å²) in [7, 11) is 0. The highest BCUT2D eigenvalue weighted by Gasteiger charge is 1.72. The Hall–Kier alpha value is -1.06. The number of nitrogen functional groups attached to an aromatic ring is 1. The highest BCUT2D eigenvalue weighted by molar-refractivity contribution is 5.35. The monoisotopic (exact) mass is 155 g/mol. The Bertz CT molecular complexity index is 163. The SMILES string of the molecule is Nc1ccccc1.OCCO. The fourth-order valence-corrected chi connectivity index (χ4v) is 0.453. The highest BCUT2D eigenvalue weighted by Crippen LogP contribution is 1.95. The van der Waals surface area contributed by atoms with Gasteiger partial charge >= 0.3 is 0 Å². The molecule has 0 heterocycles. The smallest absolute Gasteiger partial charge is 0.0662 e. The van der Waals surface area contributed by atoms with E-state index >= 15 is 0 Å². The molecule has 0 unspecified atom stereocenters. The first-order valence-corrected chi connectivity index (χ1v) is 3.33. The Labute approximate surface area is 66.1 Å². The summed E-state index contributed by atoms with van der Waals surface area (Å²) in [6.45, 7) is -0.250. The Kier molecular flexibility index (Phi) is 6.37. The van der Waals surface area contributed by atoms with Crippen molar-refractivity contribution in [3.63, 3.8) is 0 Å². The number of para-hydroxylation sites is 1. The van der Waals surface area contributed by atoms with Crippen molar-refractivity contribution < 1.29 is 10.2 Å². The van der Waals surface area contributed by atoms with Crippen LogP contribution in [-0.2, 0) is 0 Å². The van der Waals surface area contributed by atoms with E-state index < -0.39 is 0 Å². The number of hydrogen-bond acceptors (Lipinski definition) is 3. The standard InChI is InChI=1S/C6H7N.C2H6O2/c7-6-4-2-1-3-5-6;3-1-2-4/h1-5H,7H2;3-4H,1-2H2. The summed E-state index contributed by atoms with van der Waals surface area (Å²) in [6, 6.07) is 9.49. The summed E-state index contributed by atoms with van der Waals surface area (Å²) in [4.78, 5) is 0. The van der Waals surface area contributed by atoms with Crippen LogP contribution in [0.1, 0.15) is 0 Å². The molecule has 1 aromatic carbocycles. The van der Waals surface area contributed by atoms with Gasteiger partial charge in [0, 0.05) is 5.69 Å². The molecule has 0 aliphatic heterocycles. The van der Waals surface area contributed by atoms with Crippen molar-refractivity contribution in [2.45, 2.75) is 0 Å². The molecule has 1 rings (SSSR count). The molecule has 0 saturated heterocycles. The molecule has 11 heavy (non-hydrogen) atoms. The second-order valence-corrected chi connectivity index (χ2v) is 1.86. The van der Waals surface area contributed by atoms with Gasteiger partial charge in [0.15, 0.2) is 0 Å². The first-order chi connectivity index (χ1) is 5.31. The van der Waals surface area contributed by atoms with Gasteiger partial charge < -0.3 is 15.9 Å². The lowest BCUT2D eigenvalue weighted by molar-refractivity contribution is 0.186. The van der Waals surface area contributed by atoms with Crippen LogP contribution < -0.4 is 5.73 Å². The van der Waals surface area contributed by atoms with Crippen molar-refractivity contribution in [3.05, 3.63) is 30.3 Å². The molecule has 1 aromatic rings. The van der Waals surface area contributed by atoms with Crippen molar-refractivity contribution in [1.82, 2.24) is 0 Å². The molecule has 0 aliphatic carbocycles.